The van der Waals surface area contributed by atoms with Crippen LogP contribution in [-0.4, -0.2) is 4.57 Å². The zero-order chi connectivity index (χ0) is 21.8. The average molecular weight is 406 g/mol. The van der Waals surface area contributed by atoms with Gasteiger partial charge in [0.15, 0.2) is 11.0 Å². The third-order valence-electron chi connectivity index (χ3n) is 6.37. The summed E-state index contributed by atoms with van der Waals surface area (Å²) in [5.74, 6) is 1.20. The van der Waals surface area contributed by atoms with Crippen LogP contribution < -0.4 is 4.57 Å². The predicted molar refractivity (Wildman–Crippen MR) is 131 cm³/mol. The Labute approximate surface area is 184 Å². The van der Waals surface area contributed by atoms with Crippen LogP contribution in [0.15, 0.2) is 84.9 Å². The van der Waals surface area contributed by atoms with Gasteiger partial charge in [-0.05, 0) is 53.1 Å². The average Bonchev–Trinajstić information content (AvgIpc) is 3.05. The highest BCUT2D eigenvalue weighted by Crippen LogP contribution is 2.34. The van der Waals surface area contributed by atoms with Gasteiger partial charge in [0, 0.05) is 5.39 Å². The molecule has 0 spiro atoms. The van der Waals surface area contributed by atoms with Crippen LogP contribution >= 0.6 is 0 Å². The van der Waals surface area contributed by atoms with Crippen molar-refractivity contribution in [2.45, 2.75) is 33.1 Å². The van der Waals surface area contributed by atoms with Crippen molar-refractivity contribution < 1.29 is 4.57 Å². The molecule has 0 saturated heterocycles. The van der Waals surface area contributed by atoms with Crippen molar-refractivity contribution in [3.63, 3.8) is 0 Å². The quantitative estimate of drug-likeness (QED) is 0.283. The van der Waals surface area contributed by atoms with Gasteiger partial charge < -0.3 is 0 Å². The number of imidazole rings is 1. The van der Waals surface area contributed by atoms with E-state index < -0.39 is 0 Å². The topological polar surface area (TPSA) is 8.81 Å². The molecule has 2 nitrogen and oxygen atoms in total. The van der Waals surface area contributed by atoms with E-state index in [1.54, 1.807) is 0 Å². The summed E-state index contributed by atoms with van der Waals surface area (Å²) in [6.07, 6.45) is 0. The molecular weight excluding hydrogens is 376 g/mol. The van der Waals surface area contributed by atoms with Gasteiger partial charge in [-0.25, -0.2) is 4.57 Å². The maximum Gasteiger partial charge on any atom is 0.295 e. The van der Waals surface area contributed by atoms with Crippen LogP contribution in [-0.2, 0) is 12.5 Å². The summed E-state index contributed by atoms with van der Waals surface area (Å²) in [5.41, 5.74) is 7.65. The minimum absolute atomic E-state index is 0.0868. The zero-order valence-corrected chi connectivity index (χ0v) is 19.0. The largest absolute Gasteiger partial charge is 0.295 e. The normalized spacial score (nSPS) is 12.0. The molecule has 5 rings (SSSR count). The molecule has 0 bridgehead atoms. The van der Waals surface area contributed by atoms with Gasteiger partial charge in [0.25, 0.3) is 5.82 Å². The van der Waals surface area contributed by atoms with E-state index in [0.29, 0.717) is 0 Å². The lowest BCUT2D eigenvalue weighted by molar-refractivity contribution is -0.633. The molecule has 0 aliphatic rings. The number of fused-ring (bicyclic) bond motifs is 2. The summed E-state index contributed by atoms with van der Waals surface area (Å²) in [4.78, 5) is 0. The first-order chi connectivity index (χ1) is 14.9. The molecule has 31 heavy (non-hydrogen) atoms. The molecule has 0 unspecified atom stereocenters. The van der Waals surface area contributed by atoms with Gasteiger partial charge in [-0.3, -0.25) is 0 Å². The van der Waals surface area contributed by atoms with Crippen LogP contribution in [0.3, 0.4) is 0 Å². The fraction of sp³-hybridized carbons (Fsp3) is 0.207. The van der Waals surface area contributed by atoms with Gasteiger partial charge in [-0.2, -0.15) is 4.57 Å². The Balaban J connectivity index is 1.97. The van der Waals surface area contributed by atoms with Gasteiger partial charge in [0.2, 0.25) is 0 Å². The zero-order valence-electron chi connectivity index (χ0n) is 19.0. The lowest BCUT2D eigenvalue weighted by atomic mass is 9.87. The molecule has 0 radical (unpaired) electrons. The van der Waals surface area contributed by atoms with Crippen LogP contribution in [0, 0.1) is 6.92 Å². The van der Waals surface area contributed by atoms with Gasteiger partial charge in [0.1, 0.15) is 5.69 Å². The molecule has 0 atom stereocenters. The highest BCUT2D eigenvalue weighted by molar-refractivity contribution is 5.93. The fourth-order valence-electron chi connectivity index (χ4n) is 4.60. The molecule has 0 saturated carbocycles. The minimum Gasteiger partial charge on any atom is -0.225 e. The molecule has 0 fully saturated rings. The first-order valence-electron chi connectivity index (χ1n) is 11.0. The molecule has 0 amide bonds. The summed E-state index contributed by atoms with van der Waals surface area (Å²) < 4.78 is 4.79. The first-order valence-corrected chi connectivity index (χ1v) is 11.0. The SMILES string of the molecule is Cc1ccccc1-c1n(-c2cccc3ccccc23)c2cc(C(C)(C)C)ccc2[n+]1C. The summed E-state index contributed by atoms with van der Waals surface area (Å²) >= 11 is 0. The van der Waals surface area contributed by atoms with Crippen molar-refractivity contribution in [3.05, 3.63) is 96.1 Å². The minimum atomic E-state index is 0.0868. The standard InChI is InChI=1S/C29H29N2/c1-20-11-6-8-14-23(20)28-30(5)26-18-17-22(29(2,3)4)19-27(26)31(28)25-16-10-13-21-12-7-9-15-24(21)25/h6-19H,1-5H3/q+1. The molecule has 5 aromatic rings. The van der Waals surface area contributed by atoms with Crippen molar-refractivity contribution in [1.29, 1.82) is 0 Å². The van der Waals surface area contributed by atoms with E-state index >= 15 is 0 Å². The highest BCUT2D eigenvalue weighted by atomic mass is 15.2. The van der Waals surface area contributed by atoms with E-state index in [-0.39, 0.29) is 5.41 Å². The second-order valence-electron chi connectivity index (χ2n) is 9.48. The van der Waals surface area contributed by atoms with Crippen LogP contribution in [0.2, 0.25) is 0 Å². The van der Waals surface area contributed by atoms with E-state index in [9.17, 15) is 0 Å². The molecule has 1 heterocycles. The monoisotopic (exact) mass is 405 g/mol. The Hall–Kier alpha value is -3.39. The van der Waals surface area contributed by atoms with Crippen LogP contribution in [0.1, 0.15) is 31.9 Å². The molecule has 4 aromatic carbocycles. The summed E-state index contributed by atoms with van der Waals surface area (Å²) in [6.45, 7) is 9.03. The maximum absolute atomic E-state index is 2.45. The lowest BCUT2D eigenvalue weighted by Gasteiger charge is -2.18. The summed E-state index contributed by atoms with van der Waals surface area (Å²) in [5, 5.41) is 2.52. The van der Waals surface area contributed by atoms with Crippen LogP contribution in [0.4, 0.5) is 0 Å². The summed E-state index contributed by atoms with van der Waals surface area (Å²) in [6, 6.07) is 30.9. The number of aryl methyl sites for hydroxylation is 2. The van der Waals surface area contributed by atoms with E-state index in [4.69, 9.17) is 0 Å². The van der Waals surface area contributed by atoms with Crippen molar-refractivity contribution in [3.8, 4) is 17.1 Å². The smallest absolute Gasteiger partial charge is 0.225 e. The molecule has 0 N–H and O–H groups in total. The molecule has 154 valence electrons. The first kappa shape index (κ1) is 19.6. The second-order valence-corrected chi connectivity index (χ2v) is 9.48. The Morgan fingerprint density at radius 1 is 0.774 bits per heavy atom. The highest BCUT2D eigenvalue weighted by Gasteiger charge is 2.29. The number of nitrogens with zero attached hydrogens (tertiary/aromatic N) is 2. The Morgan fingerprint density at radius 3 is 2.26 bits per heavy atom. The van der Waals surface area contributed by atoms with Crippen molar-refractivity contribution in [1.82, 2.24) is 4.57 Å². The molecule has 1 aromatic heterocycles. The summed E-state index contributed by atoms with van der Waals surface area (Å²) in [7, 11) is 2.18. The van der Waals surface area contributed by atoms with Gasteiger partial charge in [-0.15, -0.1) is 0 Å². The van der Waals surface area contributed by atoms with Gasteiger partial charge >= 0.3 is 0 Å². The third-order valence-corrected chi connectivity index (χ3v) is 6.37. The van der Waals surface area contributed by atoms with Crippen LogP contribution in [0.25, 0.3) is 38.9 Å². The Bertz CT molecular complexity index is 1430. The Kier molecular flexibility index (Phi) is 4.48. The number of hydrogen-bond donors (Lipinski definition) is 0. The van der Waals surface area contributed by atoms with Crippen LogP contribution in [0.5, 0.6) is 0 Å². The number of rotatable bonds is 2. The predicted octanol–water partition coefficient (Wildman–Crippen LogP) is 6.88. The fourth-order valence-corrected chi connectivity index (χ4v) is 4.60. The van der Waals surface area contributed by atoms with Crippen molar-refractivity contribution in [2.24, 2.45) is 7.05 Å². The van der Waals surface area contributed by atoms with E-state index in [1.807, 2.05) is 0 Å². The number of hydrogen-bond acceptors (Lipinski definition) is 0. The number of aromatic nitrogens is 2. The molecule has 2 heteroatoms. The molecule has 0 aliphatic heterocycles. The number of benzene rings is 4. The second kappa shape index (κ2) is 7.09. The van der Waals surface area contributed by atoms with Gasteiger partial charge in [-0.1, -0.05) is 81.4 Å². The molecule has 0 aliphatic carbocycles. The van der Waals surface area contributed by atoms with Gasteiger partial charge in [0.05, 0.1) is 12.6 Å². The molecular formula is C29H29N2+. The van der Waals surface area contributed by atoms with E-state index in [1.165, 1.54) is 50.0 Å². The van der Waals surface area contributed by atoms with E-state index in [2.05, 4.69) is 129 Å². The Morgan fingerprint density at radius 2 is 1.48 bits per heavy atom. The van der Waals surface area contributed by atoms with Crippen molar-refractivity contribution in [2.75, 3.05) is 0 Å². The third kappa shape index (κ3) is 3.14. The van der Waals surface area contributed by atoms with E-state index in [0.717, 1.165) is 0 Å². The lowest BCUT2D eigenvalue weighted by Crippen LogP contribution is -2.30. The van der Waals surface area contributed by atoms with Crippen molar-refractivity contribution >= 4 is 21.8 Å². The maximum atomic E-state index is 2.45.